The molecule has 3 rings (SSSR count). The summed E-state index contributed by atoms with van der Waals surface area (Å²) >= 11 is 12.7. The van der Waals surface area contributed by atoms with E-state index in [9.17, 15) is 13.9 Å². The molecule has 140 valence electrons. The van der Waals surface area contributed by atoms with E-state index in [0.29, 0.717) is 45.5 Å². The quantitative estimate of drug-likeness (QED) is 0.512. The summed E-state index contributed by atoms with van der Waals surface area (Å²) in [6, 6.07) is 11.8. The van der Waals surface area contributed by atoms with Crippen molar-refractivity contribution in [3.63, 3.8) is 0 Å². The van der Waals surface area contributed by atoms with Crippen molar-refractivity contribution in [3.8, 4) is 22.6 Å². The second-order valence-corrected chi connectivity index (χ2v) is 6.77. The highest BCUT2D eigenvalue weighted by Crippen LogP contribution is 2.35. The normalized spacial score (nSPS) is 10.9. The summed E-state index contributed by atoms with van der Waals surface area (Å²) in [5.41, 5.74) is 2.28. The Balaban J connectivity index is 1.96. The first-order valence-electron chi connectivity index (χ1n) is 8.27. The van der Waals surface area contributed by atoms with Crippen LogP contribution in [-0.4, -0.2) is 11.7 Å². The number of hydrogen-bond acceptors (Lipinski definition) is 2. The van der Waals surface area contributed by atoms with Crippen molar-refractivity contribution < 1.29 is 18.6 Å². The third kappa shape index (κ3) is 4.34. The minimum atomic E-state index is -0.977. The van der Waals surface area contributed by atoms with Gasteiger partial charge in [0.2, 0.25) is 0 Å². The Morgan fingerprint density at radius 1 is 0.926 bits per heavy atom. The summed E-state index contributed by atoms with van der Waals surface area (Å²) in [6.45, 7) is 2.37. The van der Waals surface area contributed by atoms with Crippen molar-refractivity contribution in [2.24, 2.45) is 0 Å². The van der Waals surface area contributed by atoms with Gasteiger partial charge < -0.3 is 9.84 Å². The molecular formula is C21H16Cl2F2O2. The summed E-state index contributed by atoms with van der Waals surface area (Å²) in [7, 11) is 0. The smallest absolute Gasteiger partial charge is 0.159 e. The van der Waals surface area contributed by atoms with E-state index in [0.717, 1.165) is 17.7 Å². The zero-order valence-electron chi connectivity index (χ0n) is 14.4. The number of hydrogen-bond donors (Lipinski definition) is 1. The third-order valence-electron chi connectivity index (χ3n) is 4.10. The first-order valence-corrected chi connectivity index (χ1v) is 9.02. The van der Waals surface area contributed by atoms with E-state index in [1.165, 1.54) is 12.1 Å². The van der Waals surface area contributed by atoms with Crippen molar-refractivity contribution in [1.29, 1.82) is 0 Å². The summed E-state index contributed by atoms with van der Waals surface area (Å²) in [6.07, 6.45) is 0.404. The van der Waals surface area contributed by atoms with Gasteiger partial charge in [0.1, 0.15) is 11.5 Å². The zero-order chi connectivity index (χ0) is 19.6. The van der Waals surface area contributed by atoms with Gasteiger partial charge in [0.05, 0.1) is 6.61 Å². The van der Waals surface area contributed by atoms with Crippen LogP contribution in [0.2, 0.25) is 10.0 Å². The van der Waals surface area contributed by atoms with Crippen LogP contribution in [0, 0.1) is 11.6 Å². The lowest BCUT2D eigenvalue weighted by Crippen LogP contribution is -1.96. The largest absolute Gasteiger partial charge is 0.507 e. The number of phenols is 1. The molecular weight excluding hydrogens is 393 g/mol. The van der Waals surface area contributed by atoms with Gasteiger partial charge in [-0.2, -0.15) is 0 Å². The predicted octanol–water partition coefficient (Wildman–Crippen LogP) is 6.63. The molecule has 0 bridgehead atoms. The lowest BCUT2D eigenvalue weighted by molar-refractivity contribution is 0.340. The fraction of sp³-hybridized carbons (Fsp3) is 0.143. The Morgan fingerprint density at radius 2 is 1.63 bits per heavy atom. The topological polar surface area (TPSA) is 29.5 Å². The maximum Gasteiger partial charge on any atom is 0.159 e. The lowest BCUT2D eigenvalue weighted by atomic mass is 9.98. The molecule has 0 aliphatic carbocycles. The molecule has 0 aliphatic heterocycles. The first-order chi connectivity index (χ1) is 12.9. The molecule has 2 nitrogen and oxygen atoms in total. The molecule has 0 aromatic heterocycles. The molecule has 0 fully saturated rings. The predicted molar refractivity (Wildman–Crippen MR) is 104 cm³/mol. The van der Waals surface area contributed by atoms with Crippen LogP contribution in [0.15, 0.2) is 48.5 Å². The SMILES string of the molecule is CCOc1cc(Cl)c(Cc2ccc(O)c(-c3ccc(F)c(F)c3)c2)c(Cl)c1. The van der Waals surface area contributed by atoms with Gasteiger partial charge in [-0.25, -0.2) is 8.78 Å². The van der Waals surface area contributed by atoms with Crippen LogP contribution < -0.4 is 4.74 Å². The second kappa shape index (κ2) is 8.15. The highest BCUT2D eigenvalue weighted by molar-refractivity contribution is 6.36. The molecule has 0 spiro atoms. The van der Waals surface area contributed by atoms with E-state index in [1.807, 2.05) is 6.92 Å². The summed E-state index contributed by atoms with van der Waals surface area (Å²) in [5.74, 6) is -1.37. The number of rotatable bonds is 5. The fourth-order valence-corrected chi connectivity index (χ4v) is 3.39. The average Bonchev–Trinajstić information content (AvgIpc) is 2.62. The monoisotopic (exact) mass is 408 g/mol. The van der Waals surface area contributed by atoms with Crippen molar-refractivity contribution in [1.82, 2.24) is 0 Å². The van der Waals surface area contributed by atoms with E-state index in [-0.39, 0.29) is 5.75 Å². The van der Waals surface area contributed by atoms with Crippen LogP contribution in [0.25, 0.3) is 11.1 Å². The van der Waals surface area contributed by atoms with Gasteiger partial charge in [0, 0.05) is 22.0 Å². The van der Waals surface area contributed by atoms with Gasteiger partial charge in [0.25, 0.3) is 0 Å². The molecule has 0 radical (unpaired) electrons. The van der Waals surface area contributed by atoms with E-state index in [4.69, 9.17) is 27.9 Å². The molecule has 27 heavy (non-hydrogen) atoms. The number of ether oxygens (including phenoxy) is 1. The molecule has 0 unspecified atom stereocenters. The van der Waals surface area contributed by atoms with Gasteiger partial charge in [-0.05, 0) is 60.0 Å². The Hall–Kier alpha value is -2.30. The molecule has 0 saturated carbocycles. The Labute approximate surface area is 165 Å². The van der Waals surface area contributed by atoms with Gasteiger partial charge in [0.15, 0.2) is 11.6 Å². The Bertz CT molecular complexity index is 967. The maximum absolute atomic E-state index is 13.5. The van der Waals surface area contributed by atoms with Gasteiger partial charge in [-0.3, -0.25) is 0 Å². The Kier molecular flexibility index (Phi) is 5.88. The number of phenolic OH excluding ortho intramolecular Hbond substituents is 1. The number of halogens is 4. The summed E-state index contributed by atoms with van der Waals surface area (Å²) < 4.78 is 32.1. The molecule has 0 heterocycles. The van der Waals surface area contributed by atoms with Gasteiger partial charge >= 0.3 is 0 Å². The van der Waals surface area contributed by atoms with Crippen LogP contribution in [-0.2, 0) is 6.42 Å². The second-order valence-electron chi connectivity index (χ2n) is 5.96. The van der Waals surface area contributed by atoms with E-state index < -0.39 is 11.6 Å². The fourth-order valence-electron chi connectivity index (χ4n) is 2.79. The molecule has 0 atom stereocenters. The van der Waals surface area contributed by atoms with E-state index >= 15 is 0 Å². The molecule has 1 N–H and O–H groups in total. The van der Waals surface area contributed by atoms with Crippen molar-refractivity contribution in [3.05, 3.63) is 81.3 Å². The maximum atomic E-state index is 13.5. The van der Waals surface area contributed by atoms with Gasteiger partial charge in [-0.1, -0.05) is 35.3 Å². The van der Waals surface area contributed by atoms with Crippen LogP contribution >= 0.6 is 23.2 Å². The van der Waals surface area contributed by atoms with E-state index in [1.54, 1.807) is 24.3 Å². The molecule has 0 amide bonds. The van der Waals surface area contributed by atoms with Crippen LogP contribution in [0.3, 0.4) is 0 Å². The van der Waals surface area contributed by atoms with Crippen molar-refractivity contribution >= 4 is 23.2 Å². The highest BCUT2D eigenvalue weighted by Gasteiger charge is 2.13. The van der Waals surface area contributed by atoms with Crippen LogP contribution in [0.5, 0.6) is 11.5 Å². The number of aromatic hydroxyl groups is 1. The van der Waals surface area contributed by atoms with Crippen molar-refractivity contribution in [2.75, 3.05) is 6.61 Å². The van der Waals surface area contributed by atoms with Gasteiger partial charge in [-0.15, -0.1) is 0 Å². The van der Waals surface area contributed by atoms with E-state index in [2.05, 4.69) is 0 Å². The highest BCUT2D eigenvalue weighted by atomic mass is 35.5. The molecule has 3 aromatic carbocycles. The first kappa shape index (κ1) is 19.5. The minimum Gasteiger partial charge on any atom is -0.507 e. The van der Waals surface area contributed by atoms with Crippen LogP contribution in [0.4, 0.5) is 8.78 Å². The van der Waals surface area contributed by atoms with Crippen molar-refractivity contribution in [2.45, 2.75) is 13.3 Å². The molecule has 0 aliphatic rings. The number of benzene rings is 3. The zero-order valence-corrected chi connectivity index (χ0v) is 15.9. The Morgan fingerprint density at radius 3 is 2.26 bits per heavy atom. The third-order valence-corrected chi connectivity index (χ3v) is 4.77. The standard InChI is InChI=1S/C21H16Cl2F2O2/c1-2-27-14-10-17(22)16(18(23)11-14)8-12-3-6-21(26)15(7-12)13-4-5-19(24)20(25)9-13/h3-7,9-11,26H,2,8H2,1H3. The summed E-state index contributed by atoms with van der Waals surface area (Å²) in [5, 5.41) is 11.1. The summed E-state index contributed by atoms with van der Waals surface area (Å²) in [4.78, 5) is 0. The van der Waals surface area contributed by atoms with Crippen LogP contribution in [0.1, 0.15) is 18.1 Å². The lowest BCUT2D eigenvalue weighted by Gasteiger charge is -2.12. The molecule has 0 saturated heterocycles. The minimum absolute atomic E-state index is 0.0337. The molecule has 6 heteroatoms. The average molecular weight is 409 g/mol. The molecule has 3 aromatic rings.